The summed E-state index contributed by atoms with van der Waals surface area (Å²) in [5.41, 5.74) is 3.51. The molecule has 0 aliphatic carbocycles. The molecule has 0 spiro atoms. The highest BCUT2D eigenvalue weighted by Crippen LogP contribution is 2.24. The molecule has 0 nitrogen and oxygen atoms in total. The summed E-state index contributed by atoms with van der Waals surface area (Å²) >= 11 is 9.71. The van der Waals surface area contributed by atoms with Gasteiger partial charge in [0.2, 0.25) is 0 Å². The fourth-order valence-electron chi connectivity index (χ4n) is 2.34. The second kappa shape index (κ2) is 7.24. The van der Waals surface area contributed by atoms with E-state index in [1.807, 2.05) is 6.07 Å². The van der Waals surface area contributed by atoms with Crippen LogP contribution in [0.15, 0.2) is 42.5 Å². The number of alkyl halides is 1. The van der Waals surface area contributed by atoms with E-state index >= 15 is 0 Å². The molecule has 0 heterocycles. The van der Waals surface area contributed by atoms with E-state index in [1.165, 1.54) is 23.3 Å². The van der Waals surface area contributed by atoms with Crippen LogP contribution in [0.25, 0.3) is 0 Å². The van der Waals surface area contributed by atoms with Gasteiger partial charge in [0.25, 0.3) is 0 Å². The van der Waals surface area contributed by atoms with Crippen molar-refractivity contribution in [3.05, 3.63) is 70.0 Å². The molecule has 20 heavy (non-hydrogen) atoms. The molecule has 0 radical (unpaired) electrons. The normalized spacial score (nSPS) is 12.4. The Balaban J connectivity index is 2.13. The quantitative estimate of drug-likeness (QED) is 0.614. The van der Waals surface area contributed by atoms with Gasteiger partial charge in [-0.25, -0.2) is 4.39 Å². The van der Waals surface area contributed by atoms with E-state index in [-0.39, 0.29) is 5.82 Å². The smallest absolute Gasteiger partial charge is 0.123 e. The van der Waals surface area contributed by atoms with Crippen LogP contribution >= 0.6 is 27.5 Å². The zero-order valence-electron chi connectivity index (χ0n) is 11.4. The molecule has 3 heteroatoms. The van der Waals surface area contributed by atoms with Crippen LogP contribution in [0.4, 0.5) is 4.39 Å². The number of hydrogen-bond donors (Lipinski definition) is 0. The third-order valence-corrected chi connectivity index (χ3v) is 4.79. The number of aryl methyl sites for hydroxylation is 1. The van der Waals surface area contributed by atoms with E-state index in [1.54, 1.807) is 6.07 Å². The highest BCUT2D eigenvalue weighted by Gasteiger charge is 2.13. The standard InChI is InChI=1S/C17H17BrClF/c1-12-4-2-3-5-14(12)8-13(11-18)9-15-10-16(20)6-7-17(15)19/h2-7,10,13H,8-9,11H2,1H3. The molecule has 0 N–H and O–H groups in total. The second-order valence-electron chi connectivity index (χ2n) is 5.09. The first-order valence-electron chi connectivity index (χ1n) is 6.64. The monoisotopic (exact) mass is 354 g/mol. The van der Waals surface area contributed by atoms with E-state index in [2.05, 4.69) is 41.1 Å². The number of rotatable bonds is 5. The van der Waals surface area contributed by atoms with E-state index in [0.29, 0.717) is 10.9 Å². The molecule has 0 aliphatic rings. The van der Waals surface area contributed by atoms with Gasteiger partial charge < -0.3 is 0 Å². The summed E-state index contributed by atoms with van der Waals surface area (Å²) in [6.45, 7) is 2.12. The maximum absolute atomic E-state index is 13.3. The average molecular weight is 356 g/mol. The van der Waals surface area contributed by atoms with Gasteiger partial charge in [-0.2, -0.15) is 0 Å². The molecule has 1 unspecified atom stereocenters. The summed E-state index contributed by atoms with van der Waals surface area (Å²) in [5, 5.41) is 1.51. The molecule has 0 amide bonds. The topological polar surface area (TPSA) is 0 Å². The van der Waals surface area contributed by atoms with Crippen LogP contribution in [0.3, 0.4) is 0 Å². The number of hydrogen-bond acceptors (Lipinski definition) is 0. The molecular weight excluding hydrogens is 339 g/mol. The summed E-state index contributed by atoms with van der Waals surface area (Å²) in [7, 11) is 0. The molecule has 2 aromatic rings. The first-order chi connectivity index (χ1) is 9.60. The van der Waals surface area contributed by atoms with Crippen LogP contribution in [0.5, 0.6) is 0 Å². The molecular formula is C17H17BrClF. The van der Waals surface area contributed by atoms with Gasteiger partial charge in [0.15, 0.2) is 0 Å². The summed E-state index contributed by atoms with van der Waals surface area (Å²) in [5.74, 6) is 0.170. The average Bonchev–Trinajstić information content (AvgIpc) is 2.44. The largest absolute Gasteiger partial charge is 0.207 e. The lowest BCUT2D eigenvalue weighted by Gasteiger charge is -2.16. The van der Waals surface area contributed by atoms with Gasteiger partial charge in [0.1, 0.15) is 5.82 Å². The lowest BCUT2D eigenvalue weighted by Crippen LogP contribution is -2.11. The maximum atomic E-state index is 13.3. The van der Waals surface area contributed by atoms with Crippen molar-refractivity contribution in [1.29, 1.82) is 0 Å². The van der Waals surface area contributed by atoms with Crippen molar-refractivity contribution < 1.29 is 4.39 Å². The minimum absolute atomic E-state index is 0.228. The Bertz CT molecular complexity index is 583. The van der Waals surface area contributed by atoms with Crippen molar-refractivity contribution in [1.82, 2.24) is 0 Å². The summed E-state index contributed by atoms with van der Waals surface area (Å²) in [4.78, 5) is 0. The SMILES string of the molecule is Cc1ccccc1CC(CBr)Cc1cc(F)ccc1Cl. The molecule has 2 rings (SSSR count). The molecule has 0 saturated heterocycles. The van der Waals surface area contributed by atoms with Gasteiger partial charge in [0, 0.05) is 10.4 Å². The van der Waals surface area contributed by atoms with Crippen molar-refractivity contribution in [3.63, 3.8) is 0 Å². The van der Waals surface area contributed by atoms with Crippen molar-refractivity contribution in [2.45, 2.75) is 19.8 Å². The highest BCUT2D eigenvalue weighted by atomic mass is 79.9. The van der Waals surface area contributed by atoms with Gasteiger partial charge in [-0.05, 0) is 60.6 Å². The van der Waals surface area contributed by atoms with Gasteiger partial charge in [0.05, 0.1) is 0 Å². The van der Waals surface area contributed by atoms with Crippen LogP contribution < -0.4 is 0 Å². The van der Waals surface area contributed by atoms with Gasteiger partial charge in [-0.1, -0.05) is 51.8 Å². The molecule has 0 bridgehead atoms. The Morgan fingerprint density at radius 3 is 2.50 bits per heavy atom. The van der Waals surface area contributed by atoms with Crippen LogP contribution in [-0.2, 0) is 12.8 Å². The zero-order chi connectivity index (χ0) is 14.5. The molecule has 2 aromatic carbocycles. The molecule has 1 atom stereocenters. The number of halogens is 3. The lowest BCUT2D eigenvalue weighted by molar-refractivity contribution is 0.581. The minimum atomic E-state index is -0.228. The Morgan fingerprint density at radius 2 is 1.80 bits per heavy atom. The van der Waals surface area contributed by atoms with Crippen molar-refractivity contribution in [3.8, 4) is 0 Å². The van der Waals surface area contributed by atoms with Crippen LogP contribution in [-0.4, -0.2) is 5.33 Å². The van der Waals surface area contributed by atoms with Crippen molar-refractivity contribution >= 4 is 27.5 Å². The molecule has 0 fully saturated rings. The van der Waals surface area contributed by atoms with Gasteiger partial charge >= 0.3 is 0 Å². The van der Waals surface area contributed by atoms with Crippen LogP contribution in [0.1, 0.15) is 16.7 Å². The third-order valence-electron chi connectivity index (χ3n) is 3.50. The first kappa shape index (κ1) is 15.5. The molecule has 106 valence electrons. The molecule has 0 aromatic heterocycles. The van der Waals surface area contributed by atoms with Crippen LogP contribution in [0, 0.1) is 18.7 Å². The predicted octanol–water partition coefficient (Wildman–Crippen LogP) is 5.58. The second-order valence-corrected chi connectivity index (χ2v) is 6.15. The van der Waals surface area contributed by atoms with Crippen molar-refractivity contribution in [2.75, 3.05) is 5.33 Å². The summed E-state index contributed by atoms with van der Waals surface area (Å²) < 4.78 is 13.3. The Labute approximate surface area is 133 Å². The first-order valence-corrected chi connectivity index (χ1v) is 8.14. The van der Waals surface area contributed by atoms with E-state index in [9.17, 15) is 4.39 Å². The minimum Gasteiger partial charge on any atom is -0.207 e. The summed E-state index contributed by atoms with van der Waals surface area (Å²) in [6, 6.07) is 12.9. The van der Waals surface area contributed by atoms with Crippen molar-refractivity contribution in [2.24, 2.45) is 5.92 Å². The maximum Gasteiger partial charge on any atom is 0.123 e. The predicted molar refractivity (Wildman–Crippen MR) is 87.3 cm³/mol. The van der Waals surface area contributed by atoms with E-state index in [0.717, 1.165) is 23.7 Å². The Morgan fingerprint density at radius 1 is 1.10 bits per heavy atom. The van der Waals surface area contributed by atoms with Gasteiger partial charge in [-0.3, -0.25) is 0 Å². The highest BCUT2D eigenvalue weighted by molar-refractivity contribution is 9.09. The zero-order valence-corrected chi connectivity index (χ0v) is 13.7. The van der Waals surface area contributed by atoms with E-state index in [4.69, 9.17) is 11.6 Å². The van der Waals surface area contributed by atoms with E-state index < -0.39 is 0 Å². The Hall–Kier alpha value is -0.860. The van der Waals surface area contributed by atoms with Gasteiger partial charge in [-0.15, -0.1) is 0 Å². The third kappa shape index (κ3) is 4.07. The number of benzene rings is 2. The molecule has 0 aliphatic heterocycles. The molecule has 0 saturated carbocycles. The lowest BCUT2D eigenvalue weighted by atomic mass is 9.92. The van der Waals surface area contributed by atoms with Crippen LogP contribution in [0.2, 0.25) is 5.02 Å². The fraction of sp³-hybridized carbons (Fsp3) is 0.294. The summed E-state index contributed by atoms with van der Waals surface area (Å²) in [6.07, 6.45) is 1.74. The Kier molecular flexibility index (Phi) is 5.62. The fourth-order valence-corrected chi connectivity index (χ4v) is 2.99.